The molecule has 0 fully saturated rings. The lowest BCUT2D eigenvalue weighted by Crippen LogP contribution is -1.93. The molecule has 0 saturated carbocycles. The van der Waals surface area contributed by atoms with E-state index in [-0.39, 0.29) is 0 Å². The summed E-state index contributed by atoms with van der Waals surface area (Å²) in [6.45, 7) is 0. The van der Waals surface area contributed by atoms with Crippen LogP contribution in [0.1, 0.15) is 11.1 Å². The fraction of sp³-hybridized carbons (Fsp3) is 0.0667. The van der Waals surface area contributed by atoms with Crippen LogP contribution in [0.5, 0.6) is 0 Å². The van der Waals surface area contributed by atoms with E-state index in [0.717, 1.165) is 20.1 Å². The van der Waals surface area contributed by atoms with Gasteiger partial charge in [0.2, 0.25) is 12.2 Å². The molecule has 0 aromatic heterocycles. The van der Waals surface area contributed by atoms with Crippen LogP contribution in [0.3, 0.4) is 0 Å². The number of carbonyl (C=O) groups excluding carboxylic acids is 2. The zero-order valence-electron chi connectivity index (χ0n) is 11.2. The predicted molar refractivity (Wildman–Crippen MR) is 102 cm³/mol. The van der Waals surface area contributed by atoms with E-state index in [1.54, 1.807) is 12.1 Å². The number of hydrogen-bond acceptors (Lipinski definition) is 4. The Morgan fingerprint density at radius 2 is 1.09 bits per heavy atom. The first-order valence-corrected chi connectivity index (χ1v) is 9.26. The molecule has 2 rings (SSSR count). The van der Waals surface area contributed by atoms with Crippen molar-refractivity contribution in [3.63, 3.8) is 0 Å². The molecule has 0 bridgehead atoms. The van der Waals surface area contributed by atoms with Crippen molar-refractivity contribution in [2.45, 2.75) is 6.42 Å². The Hall–Kier alpha value is -0.880. The summed E-state index contributed by atoms with van der Waals surface area (Å²) in [5.41, 5.74) is 3.01. The second-order valence-corrected chi connectivity index (χ2v) is 7.50. The van der Waals surface area contributed by atoms with Gasteiger partial charge in [-0.05, 0) is 93.4 Å². The van der Waals surface area contributed by atoms with E-state index >= 15 is 0 Å². The lowest BCUT2D eigenvalue weighted by Gasteiger charge is -2.11. The van der Waals surface area contributed by atoms with E-state index in [2.05, 4.69) is 73.7 Å². The van der Waals surface area contributed by atoms with Gasteiger partial charge in [0.1, 0.15) is 0 Å². The van der Waals surface area contributed by atoms with Crippen LogP contribution in [0.25, 0.3) is 0 Å². The standard InChI is InChI=1S/C15H6Br4N2O2/c16-12-8(1-3-10(14(12)18)20-6-22)5-9-2-4-11(21-7-23)15(19)13(9)17/h1-4H,5H2. The average molecular weight is 566 g/mol. The molecule has 0 unspecified atom stereocenters. The van der Waals surface area contributed by atoms with E-state index in [4.69, 9.17) is 0 Å². The molecule has 0 aliphatic rings. The van der Waals surface area contributed by atoms with Gasteiger partial charge in [-0.25, -0.2) is 9.59 Å². The van der Waals surface area contributed by atoms with Crippen LogP contribution in [-0.2, 0) is 16.0 Å². The number of aliphatic imine (C=N–C) groups is 2. The highest BCUT2D eigenvalue weighted by Gasteiger charge is 2.13. The third kappa shape index (κ3) is 4.15. The summed E-state index contributed by atoms with van der Waals surface area (Å²) in [5.74, 6) is 0. The van der Waals surface area contributed by atoms with Gasteiger partial charge in [0.15, 0.2) is 0 Å². The summed E-state index contributed by atoms with van der Waals surface area (Å²) < 4.78 is 3.01. The Morgan fingerprint density at radius 3 is 1.43 bits per heavy atom. The number of hydrogen-bond donors (Lipinski definition) is 0. The molecule has 0 spiro atoms. The van der Waals surface area contributed by atoms with E-state index in [9.17, 15) is 9.59 Å². The van der Waals surface area contributed by atoms with Crippen LogP contribution < -0.4 is 0 Å². The first kappa shape index (κ1) is 18.5. The molecule has 2 aromatic rings. The molecule has 116 valence electrons. The van der Waals surface area contributed by atoms with Crippen molar-refractivity contribution < 1.29 is 9.59 Å². The second kappa shape index (κ2) is 8.29. The second-order valence-electron chi connectivity index (χ2n) is 4.33. The van der Waals surface area contributed by atoms with Crippen LogP contribution in [0.15, 0.2) is 52.1 Å². The highest BCUT2D eigenvalue weighted by atomic mass is 79.9. The summed E-state index contributed by atoms with van der Waals surface area (Å²) in [4.78, 5) is 28.1. The monoisotopic (exact) mass is 562 g/mol. The Kier molecular flexibility index (Phi) is 6.65. The molecule has 0 N–H and O–H groups in total. The molecule has 8 heteroatoms. The van der Waals surface area contributed by atoms with Crippen LogP contribution >= 0.6 is 63.7 Å². The molecule has 4 nitrogen and oxygen atoms in total. The molecular formula is C15H6Br4N2O2. The first-order valence-electron chi connectivity index (χ1n) is 6.09. The van der Waals surface area contributed by atoms with Gasteiger partial charge >= 0.3 is 0 Å². The Morgan fingerprint density at radius 1 is 0.696 bits per heavy atom. The average Bonchev–Trinajstić information content (AvgIpc) is 2.54. The Bertz CT molecular complexity index is 799. The summed E-state index contributed by atoms with van der Waals surface area (Å²) in [6, 6.07) is 7.23. The largest absolute Gasteiger partial charge is 0.240 e. The number of rotatable bonds is 4. The maximum atomic E-state index is 10.4. The molecule has 0 aliphatic carbocycles. The van der Waals surface area contributed by atoms with Crippen molar-refractivity contribution in [1.29, 1.82) is 0 Å². The topological polar surface area (TPSA) is 58.9 Å². The SMILES string of the molecule is O=C=Nc1ccc(Cc2ccc(N=C=O)c(Br)c2Br)c(Br)c1Br. The van der Waals surface area contributed by atoms with Gasteiger partial charge in [0.25, 0.3) is 0 Å². The molecule has 23 heavy (non-hydrogen) atoms. The summed E-state index contributed by atoms with van der Waals surface area (Å²) >= 11 is 13.8. The van der Waals surface area contributed by atoms with E-state index in [1.165, 1.54) is 12.2 Å². The van der Waals surface area contributed by atoms with Crippen molar-refractivity contribution in [3.8, 4) is 0 Å². The fourth-order valence-corrected chi connectivity index (χ4v) is 3.81. The first-order chi connectivity index (χ1) is 11.0. The van der Waals surface area contributed by atoms with E-state index in [1.807, 2.05) is 12.1 Å². The molecule has 0 amide bonds. The quantitative estimate of drug-likeness (QED) is 0.324. The number of isocyanates is 2. The zero-order valence-corrected chi connectivity index (χ0v) is 17.6. The summed E-state index contributed by atoms with van der Waals surface area (Å²) in [6.07, 6.45) is 3.67. The fourth-order valence-electron chi connectivity index (χ4n) is 1.91. The van der Waals surface area contributed by atoms with Crippen molar-refractivity contribution in [2.24, 2.45) is 9.98 Å². The smallest absolute Gasteiger partial charge is 0.211 e. The van der Waals surface area contributed by atoms with Gasteiger partial charge < -0.3 is 0 Å². The molecular weight excluding hydrogens is 560 g/mol. The summed E-state index contributed by atoms with van der Waals surface area (Å²) in [5, 5.41) is 0. The Balaban J connectivity index is 2.44. The van der Waals surface area contributed by atoms with Crippen LogP contribution in [-0.4, -0.2) is 12.2 Å². The van der Waals surface area contributed by atoms with Gasteiger partial charge in [0, 0.05) is 8.95 Å². The van der Waals surface area contributed by atoms with Gasteiger partial charge in [-0.15, -0.1) is 0 Å². The molecule has 0 heterocycles. The van der Waals surface area contributed by atoms with Gasteiger partial charge in [-0.2, -0.15) is 9.98 Å². The number of nitrogens with zero attached hydrogens (tertiary/aromatic N) is 2. The minimum Gasteiger partial charge on any atom is -0.211 e. The number of benzene rings is 2. The van der Waals surface area contributed by atoms with E-state index in [0.29, 0.717) is 26.7 Å². The van der Waals surface area contributed by atoms with Gasteiger partial charge in [0.05, 0.1) is 20.3 Å². The third-order valence-corrected chi connectivity index (χ3v) is 7.48. The predicted octanol–water partition coefficient (Wildman–Crippen LogP) is 6.26. The van der Waals surface area contributed by atoms with Crippen molar-refractivity contribution in [1.82, 2.24) is 0 Å². The molecule has 0 atom stereocenters. The normalized spacial score (nSPS) is 9.91. The van der Waals surface area contributed by atoms with Gasteiger partial charge in [-0.1, -0.05) is 12.1 Å². The highest BCUT2D eigenvalue weighted by Crippen LogP contribution is 2.39. The third-order valence-electron chi connectivity index (χ3n) is 3.00. The van der Waals surface area contributed by atoms with Crippen LogP contribution in [0, 0.1) is 0 Å². The molecule has 2 aromatic carbocycles. The van der Waals surface area contributed by atoms with Crippen LogP contribution in [0.4, 0.5) is 11.4 Å². The summed E-state index contributed by atoms with van der Waals surface area (Å²) in [7, 11) is 0. The molecule has 0 radical (unpaired) electrons. The minimum absolute atomic E-state index is 0.506. The van der Waals surface area contributed by atoms with E-state index < -0.39 is 0 Å². The zero-order chi connectivity index (χ0) is 17.0. The van der Waals surface area contributed by atoms with Crippen molar-refractivity contribution in [3.05, 3.63) is 53.3 Å². The maximum Gasteiger partial charge on any atom is 0.240 e. The lowest BCUT2D eigenvalue weighted by molar-refractivity contribution is 0.564. The highest BCUT2D eigenvalue weighted by molar-refractivity contribution is 9.13. The molecule has 0 aliphatic heterocycles. The van der Waals surface area contributed by atoms with Gasteiger partial charge in [-0.3, -0.25) is 0 Å². The number of halogens is 4. The van der Waals surface area contributed by atoms with Crippen molar-refractivity contribution in [2.75, 3.05) is 0 Å². The maximum absolute atomic E-state index is 10.4. The van der Waals surface area contributed by atoms with Crippen molar-refractivity contribution >= 4 is 87.3 Å². The van der Waals surface area contributed by atoms with Crippen LogP contribution in [0.2, 0.25) is 0 Å². The lowest BCUT2D eigenvalue weighted by atomic mass is 10.0. The Labute approximate surface area is 165 Å². The molecule has 0 saturated heterocycles. The minimum atomic E-state index is 0.506.